The first-order valence-electron chi connectivity index (χ1n) is 17.0. The van der Waals surface area contributed by atoms with Crippen molar-refractivity contribution in [2.45, 2.75) is 71.1 Å². The molecular formula is C38H50N2O8. The third-order valence-corrected chi connectivity index (χ3v) is 9.74. The first-order valence-corrected chi connectivity index (χ1v) is 17.0. The van der Waals surface area contributed by atoms with Crippen LogP contribution in [-0.2, 0) is 30.5 Å². The normalized spacial score (nSPS) is 30.7. The van der Waals surface area contributed by atoms with E-state index in [2.05, 4.69) is 42.6 Å². The van der Waals surface area contributed by atoms with Gasteiger partial charge in [0.15, 0.2) is 6.04 Å². The number of rotatable bonds is 6. The number of aliphatic hydroxyl groups excluding tert-OH is 1. The molecule has 2 amide bonds. The Kier molecular flexibility index (Phi) is 13.6. The van der Waals surface area contributed by atoms with Crippen molar-refractivity contribution >= 4 is 23.6 Å². The number of Topliss-reactive ketones (excluding diaryl/α,β-unsaturated/α-hetero) is 1. The van der Waals surface area contributed by atoms with Crippen LogP contribution < -0.4 is 14.8 Å². The number of hydrogen-bond donors (Lipinski definition) is 2. The number of amides is 2. The zero-order valence-electron chi connectivity index (χ0n) is 28.5. The lowest BCUT2D eigenvalue weighted by atomic mass is 9.85. The summed E-state index contributed by atoms with van der Waals surface area (Å²) in [6.07, 6.45) is 16.8. The molecule has 0 unspecified atom stereocenters. The van der Waals surface area contributed by atoms with Crippen molar-refractivity contribution in [1.29, 1.82) is 0 Å². The average molecular weight is 663 g/mol. The van der Waals surface area contributed by atoms with Crippen molar-refractivity contribution in [3.63, 3.8) is 0 Å². The Hall–Kier alpha value is -4.18. The first kappa shape index (κ1) is 36.7. The molecule has 0 bridgehead atoms. The van der Waals surface area contributed by atoms with Gasteiger partial charge in [-0.05, 0) is 74.3 Å². The number of aliphatic hydroxyl groups is 1. The lowest BCUT2D eigenvalue weighted by Gasteiger charge is -2.33. The molecule has 1 aliphatic heterocycles. The van der Waals surface area contributed by atoms with Crippen LogP contribution in [0.1, 0.15) is 57.9 Å². The maximum atomic E-state index is 13.9. The summed E-state index contributed by atoms with van der Waals surface area (Å²) in [6.45, 7) is 3.83. The predicted molar refractivity (Wildman–Crippen MR) is 182 cm³/mol. The highest BCUT2D eigenvalue weighted by molar-refractivity contribution is 5.99. The average Bonchev–Trinajstić information content (AvgIpc) is 3.60. The molecule has 7 atom stereocenters. The van der Waals surface area contributed by atoms with Crippen molar-refractivity contribution in [2.24, 2.45) is 29.6 Å². The van der Waals surface area contributed by atoms with Crippen LogP contribution >= 0.6 is 0 Å². The van der Waals surface area contributed by atoms with E-state index in [9.17, 15) is 24.3 Å². The van der Waals surface area contributed by atoms with Crippen LogP contribution in [0.4, 0.5) is 0 Å². The highest BCUT2D eigenvalue weighted by Gasteiger charge is 2.44. The van der Waals surface area contributed by atoms with Crippen LogP contribution in [0.5, 0.6) is 11.5 Å². The van der Waals surface area contributed by atoms with Gasteiger partial charge in [-0.15, -0.1) is 0 Å². The van der Waals surface area contributed by atoms with Crippen LogP contribution in [0, 0.1) is 29.6 Å². The largest absolute Gasteiger partial charge is 0.497 e. The number of nitrogens with zero attached hydrogens (tertiary/aromatic N) is 1. The van der Waals surface area contributed by atoms with E-state index in [0.29, 0.717) is 53.1 Å². The number of carbonyl (C=O) groups is 4. The van der Waals surface area contributed by atoms with Gasteiger partial charge in [0, 0.05) is 30.7 Å². The van der Waals surface area contributed by atoms with Gasteiger partial charge in [0.1, 0.15) is 17.3 Å². The van der Waals surface area contributed by atoms with Crippen LogP contribution in [0.15, 0.2) is 66.8 Å². The fourth-order valence-corrected chi connectivity index (χ4v) is 7.22. The number of benzene rings is 1. The molecule has 1 heterocycles. The molecule has 10 heteroatoms. The number of ketones is 1. The third-order valence-electron chi connectivity index (χ3n) is 9.74. The van der Waals surface area contributed by atoms with E-state index in [0.717, 1.165) is 12.8 Å². The quantitative estimate of drug-likeness (QED) is 0.254. The number of esters is 1. The van der Waals surface area contributed by atoms with Crippen molar-refractivity contribution in [1.82, 2.24) is 10.2 Å². The summed E-state index contributed by atoms with van der Waals surface area (Å²) < 4.78 is 16.1. The van der Waals surface area contributed by atoms with Crippen molar-refractivity contribution in [3.05, 3.63) is 72.4 Å². The van der Waals surface area contributed by atoms with Gasteiger partial charge in [-0.3, -0.25) is 14.4 Å². The standard InChI is InChI=1S/C38H50N2O8/c1-5-48-38(45)37-33(42)19-20-39-35(43)14-8-6-7-13-30-26(21-32-25(2)15-18-31(30)32)11-9-10-12-28(41)22-36(44)40(37)24-27-16-17-29(46-3)23-34(27)47-4/h6-9,11,14-18,23,25-26,30-33,37,42H,5,10,12-13,19-22,24H2,1-4H3,(H,39,43)/b7-6-,11-9+,14-8+/t25-,26+,30-,31+,32+,33-,37-/m0/s1. The molecule has 48 heavy (non-hydrogen) atoms. The lowest BCUT2D eigenvalue weighted by molar-refractivity contribution is -0.161. The minimum atomic E-state index is -1.43. The molecule has 2 aliphatic carbocycles. The summed E-state index contributed by atoms with van der Waals surface area (Å²) >= 11 is 0. The summed E-state index contributed by atoms with van der Waals surface area (Å²) in [6, 6.07) is 3.62. The maximum Gasteiger partial charge on any atom is 0.331 e. The Labute approximate surface area is 283 Å². The van der Waals surface area contributed by atoms with Crippen LogP contribution in [0.3, 0.4) is 0 Å². The van der Waals surface area contributed by atoms with E-state index < -0.39 is 30.4 Å². The number of carbonyl (C=O) groups excluding carboxylic acids is 4. The molecule has 1 aromatic carbocycles. The molecular weight excluding hydrogens is 612 g/mol. The fourth-order valence-electron chi connectivity index (χ4n) is 7.22. The van der Waals surface area contributed by atoms with E-state index in [1.54, 1.807) is 31.2 Å². The van der Waals surface area contributed by atoms with E-state index >= 15 is 0 Å². The summed E-state index contributed by atoms with van der Waals surface area (Å²) in [5.41, 5.74) is 0.542. The maximum absolute atomic E-state index is 13.9. The number of methoxy groups -OCH3 is 2. The van der Waals surface area contributed by atoms with Gasteiger partial charge in [0.25, 0.3) is 0 Å². The number of ether oxygens (including phenoxy) is 3. The second kappa shape index (κ2) is 17.8. The molecule has 1 saturated carbocycles. The van der Waals surface area contributed by atoms with Gasteiger partial charge in [-0.2, -0.15) is 0 Å². The Bertz CT molecular complexity index is 1420. The van der Waals surface area contributed by atoms with Crippen LogP contribution in [-0.4, -0.2) is 73.1 Å². The summed E-state index contributed by atoms with van der Waals surface area (Å²) in [4.78, 5) is 54.2. The Morgan fingerprint density at radius 2 is 1.85 bits per heavy atom. The van der Waals surface area contributed by atoms with Crippen LogP contribution in [0.2, 0.25) is 0 Å². The number of nitrogens with one attached hydrogen (secondary N) is 1. The zero-order chi connectivity index (χ0) is 34.6. The highest BCUT2D eigenvalue weighted by atomic mass is 16.5. The molecule has 4 rings (SSSR count). The summed E-state index contributed by atoms with van der Waals surface area (Å²) in [5, 5.41) is 14.1. The first-order chi connectivity index (χ1) is 23.2. The van der Waals surface area contributed by atoms with Crippen molar-refractivity contribution in [2.75, 3.05) is 27.4 Å². The Morgan fingerprint density at radius 3 is 2.60 bits per heavy atom. The van der Waals surface area contributed by atoms with E-state index in [4.69, 9.17) is 14.2 Å². The van der Waals surface area contributed by atoms with Crippen molar-refractivity contribution < 1.29 is 38.5 Å². The monoisotopic (exact) mass is 662 g/mol. The van der Waals surface area contributed by atoms with Gasteiger partial charge < -0.3 is 29.5 Å². The molecule has 2 N–H and O–H groups in total. The van der Waals surface area contributed by atoms with E-state index in [-0.39, 0.29) is 44.2 Å². The minimum Gasteiger partial charge on any atom is -0.497 e. The molecule has 260 valence electrons. The molecule has 0 radical (unpaired) electrons. The molecule has 1 fully saturated rings. The summed E-state index contributed by atoms with van der Waals surface area (Å²) in [7, 11) is 3.00. The minimum absolute atomic E-state index is 0.0226. The molecule has 3 aliphatic rings. The van der Waals surface area contributed by atoms with Gasteiger partial charge in [0.2, 0.25) is 11.8 Å². The van der Waals surface area contributed by atoms with Gasteiger partial charge in [-0.25, -0.2) is 4.79 Å². The topological polar surface area (TPSA) is 131 Å². The molecule has 0 aromatic heterocycles. The van der Waals surface area contributed by atoms with Crippen LogP contribution in [0.25, 0.3) is 0 Å². The van der Waals surface area contributed by atoms with E-state index in [1.807, 2.05) is 6.08 Å². The van der Waals surface area contributed by atoms with Gasteiger partial charge in [-0.1, -0.05) is 49.5 Å². The Morgan fingerprint density at radius 1 is 1.04 bits per heavy atom. The second-order valence-electron chi connectivity index (χ2n) is 12.8. The molecule has 10 nitrogen and oxygen atoms in total. The Balaban J connectivity index is 1.61. The van der Waals surface area contributed by atoms with Gasteiger partial charge >= 0.3 is 5.97 Å². The third kappa shape index (κ3) is 9.46. The molecule has 1 aromatic rings. The SMILES string of the molecule is CCOC(=O)[C@@H]1[C@@H](O)CCNC(=O)/C=C/C=C\C[C@@H]2[C@H]3C=C[C@H](C)[C@H]3C[C@H]2/C=C/CCC(=O)CC(=O)N1Cc1ccc(OC)cc1OC. The predicted octanol–water partition coefficient (Wildman–Crippen LogP) is 4.72. The zero-order valence-corrected chi connectivity index (χ0v) is 28.5. The number of hydrogen-bond acceptors (Lipinski definition) is 8. The van der Waals surface area contributed by atoms with Gasteiger partial charge in [0.05, 0.1) is 39.9 Å². The second-order valence-corrected chi connectivity index (χ2v) is 12.8. The summed E-state index contributed by atoms with van der Waals surface area (Å²) in [5.74, 6) is 1.34. The fraction of sp³-hybridized carbons (Fsp3) is 0.526. The lowest BCUT2D eigenvalue weighted by Crippen LogP contribution is -2.53. The van der Waals surface area contributed by atoms with Crippen molar-refractivity contribution in [3.8, 4) is 11.5 Å². The smallest absolute Gasteiger partial charge is 0.331 e. The molecule has 0 saturated heterocycles. The highest BCUT2D eigenvalue weighted by Crippen LogP contribution is 2.51. The van der Waals surface area contributed by atoms with E-state index in [1.165, 1.54) is 25.2 Å². The number of allylic oxidation sites excluding steroid dienone is 7. The number of fused-ring (bicyclic) bond motifs is 3. The molecule has 0 spiro atoms.